The van der Waals surface area contributed by atoms with Gasteiger partial charge in [-0.2, -0.15) is 13.2 Å². The highest BCUT2D eigenvalue weighted by molar-refractivity contribution is 5.91. The Hall–Kier alpha value is -3.56. The number of amides is 1. The van der Waals surface area contributed by atoms with Crippen LogP contribution >= 0.6 is 0 Å². The molecule has 2 heterocycles. The van der Waals surface area contributed by atoms with Gasteiger partial charge in [-0.3, -0.25) is 4.79 Å². The second kappa shape index (κ2) is 9.83. The molecule has 1 aromatic heterocycles. The molecule has 0 bridgehead atoms. The van der Waals surface area contributed by atoms with Crippen LogP contribution in [0.25, 0.3) is 10.9 Å². The van der Waals surface area contributed by atoms with Crippen LogP contribution in [0, 0.1) is 6.92 Å². The number of anilines is 2. The van der Waals surface area contributed by atoms with Crippen LogP contribution in [-0.4, -0.2) is 41.0 Å². The molecule has 1 aliphatic rings. The summed E-state index contributed by atoms with van der Waals surface area (Å²) in [6.07, 6.45) is -2.89. The number of hydrogen-bond acceptors (Lipinski definition) is 6. The molecule has 1 unspecified atom stereocenters. The molecule has 7 nitrogen and oxygen atoms in total. The zero-order valence-corrected chi connectivity index (χ0v) is 20.7. The van der Waals surface area contributed by atoms with Gasteiger partial charge in [-0.15, -0.1) is 0 Å². The Morgan fingerprint density at radius 3 is 2.47 bits per heavy atom. The number of nitrogens with zero attached hydrogens (tertiary/aromatic N) is 3. The molecule has 2 aromatic carbocycles. The average molecular weight is 502 g/mol. The SMILES string of the molecule is COc1cc2nc(C)nc(NC(C)c3cc(N)cc(C(F)(F)F)c3)c2cc1C1CCN(C(C)=O)CC1. The maximum Gasteiger partial charge on any atom is 0.416 e. The van der Waals surface area contributed by atoms with E-state index in [-0.39, 0.29) is 17.5 Å². The minimum absolute atomic E-state index is 0.0427. The number of nitrogen functional groups attached to an aromatic ring is 1. The number of halogens is 3. The van der Waals surface area contributed by atoms with Gasteiger partial charge < -0.3 is 20.7 Å². The third kappa shape index (κ3) is 5.32. The number of likely N-dealkylation sites (tertiary alicyclic amines) is 1. The molecule has 4 rings (SSSR count). The van der Waals surface area contributed by atoms with Crippen LogP contribution in [0.1, 0.15) is 61.2 Å². The number of nitrogens with one attached hydrogen (secondary N) is 1. The first-order valence-corrected chi connectivity index (χ1v) is 11.8. The molecule has 3 N–H and O–H groups in total. The zero-order valence-electron chi connectivity index (χ0n) is 20.7. The first kappa shape index (κ1) is 25.5. The lowest BCUT2D eigenvalue weighted by atomic mass is 9.88. The number of alkyl halides is 3. The summed E-state index contributed by atoms with van der Waals surface area (Å²) in [6.45, 7) is 6.44. The van der Waals surface area contributed by atoms with E-state index in [2.05, 4.69) is 15.3 Å². The van der Waals surface area contributed by atoms with Gasteiger partial charge >= 0.3 is 6.18 Å². The third-order valence-electron chi connectivity index (χ3n) is 6.70. The predicted molar refractivity (Wildman–Crippen MR) is 133 cm³/mol. The lowest BCUT2D eigenvalue weighted by Crippen LogP contribution is -2.36. The molecule has 1 saturated heterocycles. The first-order valence-electron chi connectivity index (χ1n) is 11.8. The molecule has 1 fully saturated rings. The Kier molecular flexibility index (Phi) is 6.97. The fraction of sp³-hybridized carbons (Fsp3) is 0.423. The molecule has 1 aliphatic heterocycles. The Balaban J connectivity index is 1.71. The Labute approximate surface area is 207 Å². The number of hydrogen-bond donors (Lipinski definition) is 2. The van der Waals surface area contributed by atoms with Gasteiger partial charge in [0.15, 0.2) is 0 Å². The van der Waals surface area contributed by atoms with Crippen molar-refractivity contribution >= 4 is 28.3 Å². The van der Waals surface area contributed by atoms with Gasteiger partial charge in [0.05, 0.1) is 24.2 Å². The van der Waals surface area contributed by atoms with Crippen molar-refractivity contribution in [2.24, 2.45) is 0 Å². The number of rotatable bonds is 5. The summed E-state index contributed by atoms with van der Waals surface area (Å²) < 4.78 is 45.7. The van der Waals surface area contributed by atoms with Gasteiger partial charge in [0, 0.05) is 37.2 Å². The number of carbonyl (C=O) groups is 1. The number of piperidine rings is 1. The molecule has 10 heteroatoms. The van der Waals surface area contributed by atoms with E-state index < -0.39 is 17.8 Å². The van der Waals surface area contributed by atoms with Gasteiger partial charge in [0.1, 0.15) is 17.4 Å². The molecular weight excluding hydrogens is 471 g/mol. The van der Waals surface area contributed by atoms with Crippen molar-refractivity contribution in [1.82, 2.24) is 14.9 Å². The summed E-state index contributed by atoms with van der Waals surface area (Å²) in [5.74, 6) is 2.01. The van der Waals surface area contributed by atoms with Crippen LogP contribution in [0.5, 0.6) is 5.75 Å². The normalized spacial score (nSPS) is 15.7. The zero-order chi connectivity index (χ0) is 26.2. The highest BCUT2D eigenvalue weighted by Crippen LogP contribution is 2.39. The monoisotopic (exact) mass is 501 g/mol. The van der Waals surface area contributed by atoms with E-state index in [4.69, 9.17) is 10.5 Å². The highest BCUT2D eigenvalue weighted by atomic mass is 19.4. The van der Waals surface area contributed by atoms with Crippen molar-refractivity contribution in [3.8, 4) is 5.75 Å². The largest absolute Gasteiger partial charge is 0.496 e. The number of nitrogens with two attached hydrogens (primary N) is 1. The van der Waals surface area contributed by atoms with Gasteiger partial charge in [0.25, 0.3) is 0 Å². The molecule has 192 valence electrons. The Morgan fingerprint density at radius 1 is 1.17 bits per heavy atom. The molecular formula is C26H30F3N5O2. The van der Waals surface area contributed by atoms with Crippen LogP contribution in [0.2, 0.25) is 0 Å². The van der Waals surface area contributed by atoms with E-state index in [0.29, 0.717) is 41.6 Å². The number of methoxy groups -OCH3 is 1. The standard InChI is InChI=1S/C26H30F3N5O2/c1-14(18-9-19(26(27,28)29)11-20(30)10-18)31-25-22-12-21(17-5-7-34(8-6-17)16(3)35)24(36-4)13-23(22)32-15(2)33-25/h9-14,17H,5-8,30H2,1-4H3,(H,31,32,33). The van der Waals surface area contributed by atoms with Crippen molar-refractivity contribution < 1.29 is 22.7 Å². The molecule has 3 aromatic rings. The molecule has 0 aliphatic carbocycles. The Morgan fingerprint density at radius 2 is 1.86 bits per heavy atom. The van der Waals surface area contributed by atoms with Crippen molar-refractivity contribution in [2.45, 2.75) is 51.7 Å². The van der Waals surface area contributed by atoms with Crippen molar-refractivity contribution in [3.05, 3.63) is 52.8 Å². The van der Waals surface area contributed by atoms with E-state index in [1.54, 1.807) is 27.9 Å². The maximum absolute atomic E-state index is 13.3. The van der Waals surface area contributed by atoms with Crippen LogP contribution in [0.3, 0.4) is 0 Å². The third-order valence-corrected chi connectivity index (χ3v) is 6.70. The maximum atomic E-state index is 13.3. The number of benzene rings is 2. The summed E-state index contributed by atoms with van der Waals surface area (Å²) in [4.78, 5) is 22.7. The summed E-state index contributed by atoms with van der Waals surface area (Å²) in [5.41, 5.74) is 7.09. The first-order chi connectivity index (χ1) is 17.0. The van der Waals surface area contributed by atoms with E-state index in [1.165, 1.54) is 6.07 Å². The van der Waals surface area contributed by atoms with Crippen LogP contribution in [0.4, 0.5) is 24.7 Å². The minimum atomic E-state index is -4.49. The predicted octanol–water partition coefficient (Wildman–Crippen LogP) is 5.45. The number of ether oxygens (including phenoxy) is 1. The number of fused-ring (bicyclic) bond motifs is 1. The van der Waals surface area contributed by atoms with Gasteiger partial charge in [-0.25, -0.2) is 9.97 Å². The van der Waals surface area contributed by atoms with Crippen molar-refractivity contribution in [1.29, 1.82) is 0 Å². The fourth-order valence-electron chi connectivity index (χ4n) is 4.78. The molecule has 1 amide bonds. The Bertz CT molecular complexity index is 1290. The lowest BCUT2D eigenvalue weighted by molar-refractivity contribution is -0.137. The molecule has 1 atom stereocenters. The van der Waals surface area contributed by atoms with Crippen molar-refractivity contribution in [3.63, 3.8) is 0 Å². The van der Waals surface area contributed by atoms with Gasteiger partial charge in [0.2, 0.25) is 5.91 Å². The summed E-state index contributed by atoms with van der Waals surface area (Å²) in [7, 11) is 1.61. The van der Waals surface area contributed by atoms with E-state index in [0.717, 1.165) is 35.9 Å². The van der Waals surface area contributed by atoms with Crippen molar-refractivity contribution in [2.75, 3.05) is 31.2 Å². The van der Waals surface area contributed by atoms with Crippen LogP contribution < -0.4 is 15.8 Å². The van der Waals surface area contributed by atoms with Gasteiger partial charge in [-0.1, -0.05) is 0 Å². The second-order valence-corrected chi connectivity index (χ2v) is 9.26. The van der Waals surface area contributed by atoms with Gasteiger partial charge in [-0.05, 0) is 68.0 Å². The quantitative estimate of drug-likeness (QED) is 0.452. The molecule has 0 radical (unpaired) electrons. The molecule has 36 heavy (non-hydrogen) atoms. The molecule has 0 spiro atoms. The fourth-order valence-corrected chi connectivity index (χ4v) is 4.78. The summed E-state index contributed by atoms with van der Waals surface area (Å²) in [6, 6.07) is 6.92. The summed E-state index contributed by atoms with van der Waals surface area (Å²) >= 11 is 0. The van der Waals surface area contributed by atoms with E-state index in [9.17, 15) is 18.0 Å². The second-order valence-electron chi connectivity index (χ2n) is 9.26. The molecule has 0 saturated carbocycles. The average Bonchev–Trinajstić information content (AvgIpc) is 2.82. The lowest BCUT2D eigenvalue weighted by Gasteiger charge is -2.32. The number of carbonyl (C=O) groups excluding carboxylic acids is 1. The minimum Gasteiger partial charge on any atom is -0.496 e. The summed E-state index contributed by atoms with van der Waals surface area (Å²) in [5, 5.41) is 4.02. The topological polar surface area (TPSA) is 93.4 Å². The van der Waals surface area contributed by atoms with Crippen LogP contribution in [-0.2, 0) is 11.0 Å². The highest BCUT2D eigenvalue weighted by Gasteiger charge is 2.31. The van der Waals surface area contributed by atoms with E-state index in [1.807, 2.05) is 17.0 Å². The van der Waals surface area contributed by atoms with Crippen LogP contribution in [0.15, 0.2) is 30.3 Å². The van der Waals surface area contributed by atoms with E-state index >= 15 is 0 Å². The number of aryl methyl sites for hydroxylation is 1. The number of aromatic nitrogens is 2. The smallest absolute Gasteiger partial charge is 0.416 e.